The second-order valence-electron chi connectivity index (χ2n) is 4.16. The summed E-state index contributed by atoms with van der Waals surface area (Å²) < 4.78 is 5.98. The molecule has 0 bridgehead atoms. The third-order valence-electron chi connectivity index (χ3n) is 2.72. The topological polar surface area (TPSA) is 52.3 Å². The van der Waals surface area contributed by atoms with Crippen LogP contribution in [0.5, 0.6) is 0 Å². The van der Waals surface area contributed by atoms with E-state index in [2.05, 4.69) is 28.9 Å². The Balaban J connectivity index is 2.75. The Labute approximate surface area is 127 Å². The van der Waals surface area contributed by atoms with Crippen molar-refractivity contribution in [3.8, 4) is 0 Å². The molecule has 0 amide bonds. The number of rotatable bonds is 7. The second-order valence-corrected chi connectivity index (χ2v) is 6.21. The fraction of sp³-hybridized carbons (Fsp3) is 0.500. The number of thioether (sulfide) groups is 1. The molecule has 2 N–H and O–H groups in total. The van der Waals surface area contributed by atoms with Crippen molar-refractivity contribution >= 4 is 33.7 Å². The van der Waals surface area contributed by atoms with Crippen LogP contribution >= 0.6 is 27.7 Å². The number of benzene rings is 1. The minimum atomic E-state index is -0.184. The average Bonchev–Trinajstić information content (AvgIpc) is 2.39. The summed E-state index contributed by atoms with van der Waals surface area (Å²) in [6.07, 6.45) is 0.868. The molecule has 0 saturated carbocycles. The van der Waals surface area contributed by atoms with Gasteiger partial charge >= 0.3 is 5.97 Å². The Kier molecular flexibility index (Phi) is 7.49. The van der Waals surface area contributed by atoms with Gasteiger partial charge in [-0.25, -0.2) is 0 Å². The number of carbonyl (C=O) groups is 1. The quantitative estimate of drug-likeness (QED) is 0.768. The van der Waals surface area contributed by atoms with Crippen molar-refractivity contribution in [3.05, 3.63) is 34.3 Å². The van der Waals surface area contributed by atoms with Gasteiger partial charge in [0.1, 0.15) is 0 Å². The van der Waals surface area contributed by atoms with Gasteiger partial charge in [-0.2, -0.15) is 0 Å². The number of halogens is 1. The van der Waals surface area contributed by atoms with Crippen LogP contribution in [-0.4, -0.2) is 24.4 Å². The predicted molar refractivity (Wildman–Crippen MR) is 84.2 cm³/mol. The molecule has 0 radical (unpaired) electrons. The van der Waals surface area contributed by atoms with Crippen molar-refractivity contribution < 1.29 is 9.53 Å². The van der Waals surface area contributed by atoms with Crippen LogP contribution in [-0.2, 0) is 9.53 Å². The maximum Gasteiger partial charge on any atom is 0.315 e. The summed E-state index contributed by atoms with van der Waals surface area (Å²) >= 11 is 5.01. The average molecular weight is 346 g/mol. The van der Waals surface area contributed by atoms with Gasteiger partial charge in [-0.15, -0.1) is 11.8 Å². The molecule has 19 heavy (non-hydrogen) atoms. The summed E-state index contributed by atoms with van der Waals surface area (Å²) in [6.45, 7) is 4.29. The van der Waals surface area contributed by atoms with Gasteiger partial charge in [-0.05, 0) is 31.0 Å². The van der Waals surface area contributed by atoms with E-state index in [9.17, 15) is 4.79 Å². The first kappa shape index (κ1) is 16.5. The lowest BCUT2D eigenvalue weighted by atomic mass is 10.0. The normalized spacial score (nSPS) is 13.9. The first-order chi connectivity index (χ1) is 9.08. The van der Waals surface area contributed by atoms with Gasteiger partial charge in [-0.1, -0.05) is 35.0 Å². The van der Waals surface area contributed by atoms with Crippen molar-refractivity contribution in [1.29, 1.82) is 0 Å². The van der Waals surface area contributed by atoms with Gasteiger partial charge < -0.3 is 10.5 Å². The molecule has 5 heteroatoms. The molecule has 1 rings (SSSR count). The summed E-state index contributed by atoms with van der Waals surface area (Å²) in [5, 5.41) is 0.104. The smallest absolute Gasteiger partial charge is 0.315 e. The van der Waals surface area contributed by atoms with Crippen molar-refractivity contribution in [2.75, 3.05) is 12.4 Å². The number of ether oxygens (including phenoxy) is 1. The van der Waals surface area contributed by atoms with Crippen molar-refractivity contribution in [3.63, 3.8) is 0 Å². The number of carbonyl (C=O) groups excluding carboxylic acids is 1. The van der Waals surface area contributed by atoms with Crippen LogP contribution in [0.3, 0.4) is 0 Å². The number of hydrogen-bond acceptors (Lipinski definition) is 4. The molecule has 1 aromatic rings. The van der Waals surface area contributed by atoms with Gasteiger partial charge in [0.25, 0.3) is 0 Å². The molecule has 0 fully saturated rings. The summed E-state index contributed by atoms with van der Waals surface area (Å²) in [4.78, 5) is 11.5. The molecule has 0 aromatic heterocycles. The highest BCUT2D eigenvalue weighted by Crippen LogP contribution is 2.33. The van der Waals surface area contributed by atoms with E-state index in [-0.39, 0.29) is 17.3 Å². The van der Waals surface area contributed by atoms with E-state index in [4.69, 9.17) is 10.5 Å². The molecule has 0 aliphatic heterocycles. The first-order valence-corrected chi connectivity index (χ1v) is 8.20. The van der Waals surface area contributed by atoms with E-state index < -0.39 is 0 Å². The van der Waals surface area contributed by atoms with Crippen molar-refractivity contribution in [2.45, 2.75) is 31.6 Å². The van der Waals surface area contributed by atoms with Crippen LogP contribution < -0.4 is 5.73 Å². The highest BCUT2D eigenvalue weighted by atomic mass is 79.9. The van der Waals surface area contributed by atoms with E-state index in [1.807, 2.05) is 25.1 Å². The van der Waals surface area contributed by atoms with E-state index >= 15 is 0 Å². The molecule has 0 heterocycles. The molecule has 0 aliphatic carbocycles. The third-order valence-corrected chi connectivity index (χ3v) is 4.60. The fourth-order valence-corrected chi connectivity index (χ4v) is 3.32. The lowest BCUT2D eigenvalue weighted by Gasteiger charge is -2.22. The van der Waals surface area contributed by atoms with Gasteiger partial charge in [-0.3, -0.25) is 4.79 Å². The fourth-order valence-electron chi connectivity index (χ4n) is 1.73. The summed E-state index contributed by atoms with van der Waals surface area (Å²) in [7, 11) is 0. The Morgan fingerprint density at radius 2 is 2.21 bits per heavy atom. The van der Waals surface area contributed by atoms with E-state index in [0.717, 1.165) is 16.5 Å². The number of esters is 1. The Bertz CT molecular complexity index is 414. The highest BCUT2D eigenvalue weighted by molar-refractivity contribution is 9.10. The molecule has 0 aliphatic rings. The lowest BCUT2D eigenvalue weighted by Crippen LogP contribution is -2.26. The Morgan fingerprint density at radius 1 is 1.47 bits per heavy atom. The molecule has 106 valence electrons. The van der Waals surface area contributed by atoms with Crippen LogP contribution in [0.25, 0.3) is 0 Å². The molecule has 0 saturated heterocycles. The van der Waals surface area contributed by atoms with Gasteiger partial charge in [0.05, 0.1) is 12.4 Å². The second kappa shape index (κ2) is 8.61. The Hall–Kier alpha value is -0.520. The minimum Gasteiger partial charge on any atom is -0.465 e. The van der Waals surface area contributed by atoms with E-state index in [0.29, 0.717) is 12.4 Å². The third kappa shape index (κ3) is 5.55. The SMILES string of the molecule is CCOC(=O)CSC(c1cccc(Br)c1)C(N)CC. The zero-order chi connectivity index (χ0) is 14.3. The van der Waals surface area contributed by atoms with Gasteiger partial charge in [0.2, 0.25) is 0 Å². The molecular weight excluding hydrogens is 326 g/mol. The van der Waals surface area contributed by atoms with Crippen LogP contribution in [0.1, 0.15) is 31.1 Å². The van der Waals surface area contributed by atoms with Crippen LogP contribution in [0.2, 0.25) is 0 Å². The van der Waals surface area contributed by atoms with Gasteiger partial charge in [0.15, 0.2) is 0 Å². The predicted octanol–water partition coefficient (Wildman–Crippen LogP) is 3.52. The minimum absolute atomic E-state index is 0.0220. The maximum atomic E-state index is 11.5. The van der Waals surface area contributed by atoms with Crippen LogP contribution in [0.4, 0.5) is 0 Å². The number of hydrogen-bond donors (Lipinski definition) is 1. The van der Waals surface area contributed by atoms with Crippen molar-refractivity contribution in [2.24, 2.45) is 5.73 Å². The molecule has 2 atom stereocenters. The summed E-state index contributed by atoms with van der Waals surface area (Å²) in [6, 6.07) is 8.09. The van der Waals surface area contributed by atoms with Crippen molar-refractivity contribution in [1.82, 2.24) is 0 Å². The zero-order valence-corrected chi connectivity index (χ0v) is 13.7. The lowest BCUT2D eigenvalue weighted by molar-refractivity contribution is -0.139. The molecule has 3 nitrogen and oxygen atoms in total. The highest BCUT2D eigenvalue weighted by Gasteiger charge is 2.20. The first-order valence-electron chi connectivity index (χ1n) is 6.36. The number of nitrogens with two attached hydrogens (primary N) is 1. The van der Waals surface area contributed by atoms with Crippen LogP contribution in [0.15, 0.2) is 28.7 Å². The molecular formula is C14H20BrNO2S. The zero-order valence-electron chi connectivity index (χ0n) is 11.3. The Morgan fingerprint density at radius 3 is 2.79 bits per heavy atom. The summed E-state index contributed by atoms with van der Waals surface area (Å²) in [5.74, 6) is 0.148. The van der Waals surface area contributed by atoms with E-state index in [1.165, 1.54) is 0 Å². The molecule has 1 aromatic carbocycles. The summed E-state index contributed by atoms with van der Waals surface area (Å²) in [5.41, 5.74) is 7.31. The standard InChI is InChI=1S/C14H20BrNO2S/c1-3-12(16)14(19-9-13(17)18-4-2)10-6-5-7-11(15)8-10/h5-8,12,14H,3-4,9,16H2,1-2H3. The maximum absolute atomic E-state index is 11.5. The van der Waals surface area contributed by atoms with E-state index in [1.54, 1.807) is 11.8 Å². The molecule has 2 unspecified atom stereocenters. The monoisotopic (exact) mass is 345 g/mol. The van der Waals surface area contributed by atoms with Gasteiger partial charge in [0, 0.05) is 15.8 Å². The molecule has 0 spiro atoms. The van der Waals surface area contributed by atoms with Crippen LogP contribution in [0, 0.1) is 0 Å². The largest absolute Gasteiger partial charge is 0.465 e.